The molecular weight excluding hydrogens is 423 g/mol. The van der Waals surface area contributed by atoms with Crippen molar-refractivity contribution in [3.63, 3.8) is 0 Å². The van der Waals surface area contributed by atoms with Gasteiger partial charge >= 0.3 is 0 Å². The Morgan fingerprint density at radius 2 is 1.97 bits per heavy atom. The molecule has 1 N–H and O–H groups in total. The summed E-state index contributed by atoms with van der Waals surface area (Å²) in [5.41, 5.74) is 1.41. The van der Waals surface area contributed by atoms with Crippen molar-refractivity contribution in [2.24, 2.45) is 0 Å². The number of methoxy groups -OCH3 is 1. The van der Waals surface area contributed by atoms with E-state index in [2.05, 4.69) is 5.32 Å². The average Bonchev–Trinajstić information content (AvgIpc) is 3.01. The van der Waals surface area contributed by atoms with Gasteiger partial charge in [0.05, 0.1) is 11.5 Å². The van der Waals surface area contributed by atoms with Gasteiger partial charge in [-0.1, -0.05) is 24.3 Å². The second kappa shape index (κ2) is 10.7. The van der Waals surface area contributed by atoms with Crippen LogP contribution in [0.1, 0.15) is 11.1 Å². The highest BCUT2D eigenvalue weighted by Gasteiger charge is 2.36. The van der Waals surface area contributed by atoms with Crippen molar-refractivity contribution in [1.82, 2.24) is 10.2 Å². The second-order valence-electron chi connectivity index (χ2n) is 6.60. The zero-order chi connectivity index (χ0) is 22.2. The molecule has 31 heavy (non-hydrogen) atoms. The van der Waals surface area contributed by atoms with Crippen LogP contribution in [0.15, 0.2) is 53.4 Å². The summed E-state index contributed by atoms with van der Waals surface area (Å²) in [6.07, 6.45) is 1.59. The van der Waals surface area contributed by atoms with Gasteiger partial charge in [-0.2, -0.15) is 0 Å². The Morgan fingerprint density at radius 1 is 1.19 bits per heavy atom. The number of hydrogen-bond donors (Lipinski definition) is 1. The molecule has 1 saturated heterocycles. The summed E-state index contributed by atoms with van der Waals surface area (Å²) in [5.74, 6) is -0.677. The summed E-state index contributed by atoms with van der Waals surface area (Å²) in [5, 5.41) is 2.08. The monoisotopic (exact) mass is 444 g/mol. The molecule has 0 unspecified atom stereocenters. The molecule has 162 valence electrons. The molecule has 0 atom stereocenters. The van der Waals surface area contributed by atoms with Crippen LogP contribution in [0.4, 0.5) is 9.18 Å². The first-order chi connectivity index (χ1) is 15.0. The van der Waals surface area contributed by atoms with E-state index in [1.807, 2.05) is 0 Å². The topological polar surface area (TPSA) is 84.9 Å². The standard InChI is InChI=1S/C22H21FN2O5S/c1-29-10-9-24-20(26)13-25-21(27)19(31-22(25)28)12-15-5-7-18(8-6-15)30-14-16-3-2-4-17(23)11-16/h2-8,11-12H,9-10,13-14H2,1H3,(H,24,26)/b19-12-. The van der Waals surface area contributed by atoms with Crippen LogP contribution < -0.4 is 10.1 Å². The molecule has 9 heteroatoms. The first kappa shape index (κ1) is 22.5. The van der Waals surface area contributed by atoms with Crippen LogP contribution in [-0.2, 0) is 20.9 Å². The number of thioether (sulfide) groups is 1. The fourth-order valence-corrected chi connectivity index (χ4v) is 3.57. The predicted octanol–water partition coefficient (Wildman–Crippen LogP) is 3.20. The van der Waals surface area contributed by atoms with E-state index >= 15 is 0 Å². The van der Waals surface area contributed by atoms with E-state index < -0.39 is 17.1 Å². The van der Waals surface area contributed by atoms with E-state index in [1.165, 1.54) is 19.2 Å². The Morgan fingerprint density at radius 3 is 2.68 bits per heavy atom. The third kappa shape index (κ3) is 6.40. The fourth-order valence-electron chi connectivity index (χ4n) is 2.73. The Bertz CT molecular complexity index is 994. The number of benzene rings is 2. The van der Waals surface area contributed by atoms with Crippen molar-refractivity contribution >= 4 is 34.9 Å². The van der Waals surface area contributed by atoms with Gasteiger partial charge in [-0.3, -0.25) is 19.3 Å². The lowest BCUT2D eigenvalue weighted by Gasteiger charge is -2.12. The number of hydrogen-bond acceptors (Lipinski definition) is 6. The molecule has 0 radical (unpaired) electrons. The van der Waals surface area contributed by atoms with Crippen molar-refractivity contribution in [3.8, 4) is 5.75 Å². The Kier molecular flexibility index (Phi) is 7.80. The maximum absolute atomic E-state index is 13.2. The highest BCUT2D eigenvalue weighted by Crippen LogP contribution is 2.32. The molecule has 7 nitrogen and oxygen atoms in total. The molecular formula is C22H21FN2O5S. The third-order valence-electron chi connectivity index (χ3n) is 4.28. The minimum absolute atomic E-state index is 0.225. The molecule has 3 rings (SSSR count). The zero-order valence-corrected chi connectivity index (χ0v) is 17.6. The minimum Gasteiger partial charge on any atom is -0.489 e. The minimum atomic E-state index is -0.511. The number of nitrogens with zero attached hydrogens (tertiary/aromatic N) is 1. The molecule has 0 aromatic heterocycles. The molecule has 0 saturated carbocycles. The normalized spacial score (nSPS) is 14.9. The van der Waals surface area contributed by atoms with Gasteiger partial charge in [-0.05, 0) is 53.2 Å². The lowest BCUT2D eigenvalue weighted by molar-refractivity contribution is -0.129. The maximum atomic E-state index is 13.2. The van der Waals surface area contributed by atoms with E-state index in [4.69, 9.17) is 9.47 Å². The average molecular weight is 444 g/mol. The highest BCUT2D eigenvalue weighted by atomic mass is 32.2. The van der Waals surface area contributed by atoms with Crippen LogP contribution in [-0.4, -0.2) is 48.8 Å². The SMILES string of the molecule is COCCNC(=O)CN1C(=O)S/C(=C\c2ccc(OCc3cccc(F)c3)cc2)C1=O. The number of rotatable bonds is 9. The number of nitrogens with one attached hydrogen (secondary N) is 1. The van der Waals surface area contributed by atoms with Crippen molar-refractivity contribution < 1.29 is 28.2 Å². The molecule has 3 amide bonds. The van der Waals surface area contributed by atoms with Crippen LogP contribution in [0.25, 0.3) is 6.08 Å². The van der Waals surface area contributed by atoms with Crippen molar-refractivity contribution in [3.05, 3.63) is 70.4 Å². The largest absolute Gasteiger partial charge is 0.489 e. The van der Waals surface area contributed by atoms with Crippen molar-refractivity contribution in [2.45, 2.75) is 6.61 Å². The predicted molar refractivity (Wildman–Crippen MR) is 115 cm³/mol. The lowest BCUT2D eigenvalue weighted by Crippen LogP contribution is -2.40. The van der Waals surface area contributed by atoms with Gasteiger partial charge in [-0.25, -0.2) is 4.39 Å². The van der Waals surface area contributed by atoms with Gasteiger partial charge in [-0.15, -0.1) is 0 Å². The summed E-state index contributed by atoms with van der Waals surface area (Å²) in [7, 11) is 1.51. The van der Waals surface area contributed by atoms with Crippen molar-refractivity contribution in [2.75, 3.05) is 26.8 Å². The van der Waals surface area contributed by atoms with Crippen LogP contribution in [0, 0.1) is 5.82 Å². The smallest absolute Gasteiger partial charge is 0.294 e. The summed E-state index contributed by atoms with van der Waals surface area (Å²) >= 11 is 0.787. The summed E-state index contributed by atoms with van der Waals surface area (Å²) in [6.45, 7) is 0.533. The third-order valence-corrected chi connectivity index (χ3v) is 5.18. The number of halogens is 1. The van der Waals surface area contributed by atoms with E-state index in [0.717, 1.165) is 16.7 Å². The number of imide groups is 1. The number of carbonyl (C=O) groups excluding carboxylic acids is 3. The molecule has 1 aliphatic rings. The van der Waals surface area contributed by atoms with Crippen molar-refractivity contribution in [1.29, 1.82) is 0 Å². The zero-order valence-electron chi connectivity index (χ0n) is 16.8. The van der Waals surface area contributed by atoms with Crippen LogP contribution in [0.5, 0.6) is 5.75 Å². The fraction of sp³-hybridized carbons (Fsp3) is 0.227. The number of carbonyl (C=O) groups is 3. The van der Waals surface area contributed by atoms with Gasteiger partial charge < -0.3 is 14.8 Å². The summed E-state index contributed by atoms with van der Waals surface area (Å²) in [6, 6.07) is 13.1. The molecule has 2 aromatic carbocycles. The quantitative estimate of drug-likeness (QED) is 0.472. The molecule has 0 aliphatic carbocycles. The van der Waals surface area contributed by atoms with Crippen LogP contribution >= 0.6 is 11.8 Å². The van der Waals surface area contributed by atoms with Gasteiger partial charge in [0.1, 0.15) is 24.7 Å². The summed E-state index contributed by atoms with van der Waals surface area (Å²) < 4.78 is 23.7. The van der Waals surface area contributed by atoms with Crippen LogP contribution in [0.2, 0.25) is 0 Å². The second-order valence-corrected chi connectivity index (χ2v) is 7.59. The first-order valence-corrected chi connectivity index (χ1v) is 10.3. The molecule has 2 aromatic rings. The van der Waals surface area contributed by atoms with Gasteiger partial charge in [0, 0.05) is 13.7 Å². The van der Waals surface area contributed by atoms with Gasteiger partial charge in [0.2, 0.25) is 5.91 Å². The molecule has 1 aliphatic heterocycles. The van der Waals surface area contributed by atoms with Crippen LogP contribution in [0.3, 0.4) is 0 Å². The Labute approximate surface area is 183 Å². The van der Waals surface area contributed by atoms with E-state index in [0.29, 0.717) is 30.0 Å². The first-order valence-electron chi connectivity index (χ1n) is 9.44. The maximum Gasteiger partial charge on any atom is 0.294 e. The van der Waals surface area contributed by atoms with Gasteiger partial charge in [0.25, 0.3) is 11.1 Å². The van der Waals surface area contributed by atoms with Gasteiger partial charge in [0.15, 0.2) is 0 Å². The lowest BCUT2D eigenvalue weighted by atomic mass is 10.2. The molecule has 0 spiro atoms. The molecule has 1 heterocycles. The van der Waals surface area contributed by atoms with E-state index in [9.17, 15) is 18.8 Å². The molecule has 1 fully saturated rings. The Balaban J connectivity index is 1.58. The number of ether oxygens (including phenoxy) is 2. The highest BCUT2D eigenvalue weighted by molar-refractivity contribution is 8.18. The Hall–Kier alpha value is -3.17. The van der Waals surface area contributed by atoms with E-state index in [1.54, 1.807) is 42.5 Å². The molecule has 0 bridgehead atoms. The number of amides is 3. The van der Waals surface area contributed by atoms with E-state index in [-0.39, 0.29) is 23.9 Å². The summed E-state index contributed by atoms with van der Waals surface area (Å²) in [4.78, 5) is 37.6.